The van der Waals surface area contributed by atoms with Gasteiger partial charge in [-0.15, -0.1) is 0 Å². The maximum atomic E-state index is 9.33. The van der Waals surface area contributed by atoms with Gasteiger partial charge in [0.15, 0.2) is 0 Å². The second kappa shape index (κ2) is 14.2. The van der Waals surface area contributed by atoms with Gasteiger partial charge in [-0.05, 0) is 146 Å². The predicted octanol–water partition coefficient (Wildman–Crippen LogP) is 14.8. The van der Waals surface area contributed by atoms with E-state index >= 15 is 0 Å². The number of para-hydroxylation sites is 1. The highest BCUT2D eigenvalue weighted by Gasteiger charge is 2.23. The van der Waals surface area contributed by atoms with Crippen LogP contribution in [0.25, 0.3) is 77.0 Å². The number of rotatable bonds is 7. The van der Waals surface area contributed by atoms with Crippen molar-refractivity contribution in [3.8, 4) is 39.4 Å². The van der Waals surface area contributed by atoms with Crippen molar-refractivity contribution in [2.45, 2.75) is 20.8 Å². The van der Waals surface area contributed by atoms with E-state index in [-0.39, 0.29) is 0 Å². The number of hydrogen-bond donors (Lipinski definition) is 0. The minimum Gasteiger partial charge on any atom is -0.456 e. The Kier molecular flexibility index (Phi) is 8.77. The first-order valence-corrected chi connectivity index (χ1v) is 19.0. The van der Waals surface area contributed by atoms with E-state index in [0.717, 1.165) is 78.0 Å². The van der Waals surface area contributed by atoms with Crippen molar-refractivity contribution in [1.82, 2.24) is 0 Å². The highest BCUT2D eigenvalue weighted by atomic mass is 16.3. The van der Waals surface area contributed by atoms with Gasteiger partial charge in [0, 0.05) is 16.5 Å². The molecular weight excluding hydrogens is 679 g/mol. The van der Waals surface area contributed by atoms with Crippen LogP contribution in [0.2, 0.25) is 0 Å². The van der Waals surface area contributed by atoms with Crippen molar-refractivity contribution in [3.05, 3.63) is 216 Å². The predicted molar refractivity (Wildman–Crippen MR) is 235 cm³/mol. The monoisotopic (exact) mass is 717 g/mol. The summed E-state index contributed by atoms with van der Waals surface area (Å²) in [7, 11) is 0. The van der Waals surface area contributed by atoms with Gasteiger partial charge in [-0.2, -0.15) is 5.26 Å². The van der Waals surface area contributed by atoms with E-state index in [1.165, 1.54) is 32.7 Å². The number of fused-ring (bicyclic) bond motifs is 4. The molecule has 0 aliphatic rings. The van der Waals surface area contributed by atoms with E-state index < -0.39 is 0 Å². The third-order valence-electron chi connectivity index (χ3n) is 11.2. The summed E-state index contributed by atoms with van der Waals surface area (Å²) in [5, 5.41) is 15.3. The molecule has 2 heteroatoms. The quantitative estimate of drug-likeness (QED) is 0.122. The van der Waals surface area contributed by atoms with Gasteiger partial charge in [-0.1, -0.05) is 134 Å². The maximum absolute atomic E-state index is 9.33. The fourth-order valence-electron chi connectivity index (χ4n) is 8.17. The van der Waals surface area contributed by atoms with Gasteiger partial charge < -0.3 is 4.42 Å². The van der Waals surface area contributed by atoms with Crippen LogP contribution < -0.4 is 0 Å². The van der Waals surface area contributed by atoms with Gasteiger partial charge in [0.2, 0.25) is 0 Å². The van der Waals surface area contributed by atoms with Crippen LogP contribution in [0.3, 0.4) is 0 Å². The number of hydrogen-bond acceptors (Lipinski definition) is 2. The van der Waals surface area contributed by atoms with Crippen molar-refractivity contribution >= 4 is 43.7 Å². The maximum Gasteiger partial charge on any atom is 0.139 e. The molecule has 0 bridgehead atoms. The molecule has 0 spiro atoms. The van der Waals surface area contributed by atoms with Gasteiger partial charge in [0.25, 0.3) is 0 Å². The van der Waals surface area contributed by atoms with Crippen molar-refractivity contribution in [1.29, 1.82) is 5.26 Å². The average Bonchev–Trinajstić information content (AvgIpc) is 3.58. The van der Waals surface area contributed by atoms with Crippen molar-refractivity contribution < 1.29 is 4.42 Å². The second-order valence-electron chi connectivity index (χ2n) is 14.6. The molecule has 9 rings (SSSR count). The first-order chi connectivity index (χ1) is 27.4. The van der Waals surface area contributed by atoms with Crippen molar-refractivity contribution in [2.75, 3.05) is 0 Å². The molecule has 56 heavy (non-hydrogen) atoms. The lowest BCUT2D eigenvalue weighted by atomic mass is 9.85. The minimum atomic E-state index is 0.653. The largest absolute Gasteiger partial charge is 0.456 e. The molecule has 2 nitrogen and oxygen atoms in total. The molecule has 1 aromatic heterocycles. The number of aryl methyl sites for hydroxylation is 2. The van der Waals surface area contributed by atoms with Crippen LogP contribution in [0.4, 0.5) is 0 Å². The summed E-state index contributed by atoms with van der Waals surface area (Å²) in [5.41, 5.74) is 15.7. The molecule has 0 fully saturated rings. The summed E-state index contributed by atoms with van der Waals surface area (Å²) in [6, 6.07) is 62.1. The Labute approximate surface area is 327 Å². The van der Waals surface area contributed by atoms with Gasteiger partial charge in [-0.25, -0.2) is 0 Å². The zero-order valence-electron chi connectivity index (χ0n) is 31.7. The minimum absolute atomic E-state index is 0.653. The lowest BCUT2D eigenvalue weighted by molar-refractivity contribution is 0.597. The van der Waals surface area contributed by atoms with Crippen LogP contribution in [-0.2, 0) is 0 Å². The third kappa shape index (κ3) is 6.10. The Bertz CT molecular complexity index is 3060. The molecule has 1 heterocycles. The summed E-state index contributed by atoms with van der Waals surface area (Å²) < 4.78 is 6.83. The molecule has 0 saturated carbocycles. The second-order valence-corrected chi connectivity index (χ2v) is 14.6. The Morgan fingerprint density at radius 2 is 1.12 bits per heavy atom. The van der Waals surface area contributed by atoms with E-state index in [0.29, 0.717) is 5.56 Å². The molecule has 0 amide bonds. The normalized spacial score (nSPS) is 11.8. The summed E-state index contributed by atoms with van der Waals surface area (Å²) in [4.78, 5) is 0. The summed E-state index contributed by atoms with van der Waals surface area (Å²) in [6.45, 7) is 11.2. The van der Waals surface area contributed by atoms with Gasteiger partial charge in [0.05, 0.1) is 11.6 Å². The fourth-order valence-corrected chi connectivity index (χ4v) is 8.17. The van der Waals surface area contributed by atoms with Crippen LogP contribution in [0.1, 0.15) is 40.5 Å². The molecular formula is C54H39NO. The van der Waals surface area contributed by atoms with Crippen LogP contribution >= 0.6 is 0 Å². The van der Waals surface area contributed by atoms with E-state index in [4.69, 9.17) is 11.0 Å². The molecule has 9 aromatic rings. The van der Waals surface area contributed by atoms with E-state index in [1.807, 2.05) is 36.4 Å². The summed E-state index contributed by atoms with van der Waals surface area (Å²) in [5.74, 6) is 0.848. The number of nitrogens with zero attached hydrogens (tertiary/aromatic N) is 1. The molecule has 266 valence electrons. The molecule has 0 saturated heterocycles. The Hall–Kier alpha value is -7.21. The molecule has 0 N–H and O–H groups in total. The van der Waals surface area contributed by atoms with E-state index in [1.54, 1.807) is 0 Å². The number of allylic oxidation sites excluding steroid dienone is 2. The standard InChI is InChI=1S/C54H39NO/c1-34-13-5-7-15-46(34)35(2)36(3)53(54-37(4)47-16-11-12-20-52(47)56-54)45-30-43(41-27-25-40(26-28-41)39-23-21-38(33-55)22-24-39)29-44(31-45)51-32-42-14-6-8-17-48(42)49-18-9-10-19-50(49)51/h5-32H,2H2,1,3-4H3/b53-36-. The first-order valence-electron chi connectivity index (χ1n) is 19.0. The summed E-state index contributed by atoms with van der Waals surface area (Å²) in [6.07, 6.45) is 0. The third-order valence-corrected chi connectivity index (χ3v) is 11.2. The summed E-state index contributed by atoms with van der Waals surface area (Å²) >= 11 is 0. The highest BCUT2D eigenvalue weighted by molar-refractivity contribution is 6.14. The highest BCUT2D eigenvalue weighted by Crippen LogP contribution is 2.43. The number of furan rings is 1. The average molecular weight is 718 g/mol. The van der Waals surface area contributed by atoms with Gasteiger partial charge in [-0.3, -0.25) is 0 Å². The molecule has 0 aliphatic carbocycles. The molecule has 0 radical (unpaired) electrons. The SMILES string of the molecule is C=C(/C(C)=C(/c1cc(-c2ccc(-c3ccc(C#N)cc3)cc2)cc(-c2cc3ccccc3c3ccccc23)c1)c1oc2ccccc2c1C)c1ccccc1C. The van der Waals surface area contributed by atoms with Crippen molar-refractivity contribution in [2.24, 2.45) is 0 Å². The number of benzene rings is 8. The zero-order chi connectivity index (χ0) is 38.3. The lowest BCUT2D eigenvalue weighted by Gasteiger charge is -2.19. The van der Waals surface area contributed by atoms with Gasteiger partial charge >= 0.3 is 0 Å². The van der Waals surface area contributed by atoms with Crippen LogP contribution in [0.5, 0.6) is 0 Å². The van der Waals surface area contributed by atoms with Gasteiger partial charge in [0.1, 0.15) is 11.3 Å². The molecule has 8 aromatic carbocycles. The lowest BCUT2D eigenvalue weighted by Crippen LogP contribution is -1.98. The first kappa shape index (κ1) is 34.6. The van der Waals surface area contributed by atoms with Crippen molar-refractivity contribution in [3.63, 3.8) is 0 Å². The zero-order valence-corrected chi connectivity index (χ0v) is 31.7. The fraction of sp³-hybridized carbons (Fsp3) is 0.0556. The molecule has 0 aliphatic heterocycles. The van der Waals surface area contributed by atoms with Crippen LogP contribution in [0.15, 0.2) is 186 Å². The van der Waals surface area contributed by atoms with E-state index in [9.17, 15) is 5.26 Å². The Morgan fingerprint density at radius 3 is 1.82 bits per heavy atom. The van der Waals surface area contributed by atoms with Crippen LogP contribution in [0, 0.1) is 25.2 Å². The number of nitriles is 1. The van der Waals surface area contributed by atoms with Crippen LogP contribution in [-0.4, -0.2) is 0 Å². The topological polar surface area (TPSA) is 36.9 Å². The Morgan fingerprint density at radius 1 is 0.554 bits per heavy atom. The molecule has 0 unspecified atom stereocenters. The smallest absolute Gasteiger partial charge is 0.139 e. The Balaban J connectivity index is 1.32. The van der Waals surface area contributed by atoms with E-state index in [2.05, 4.69) is 160 Å². The molecule has 0 atom stereocenters.